The summed E-state index contributed by atoms with van der Waals surface area (Å²) in [5, 5.41) is 3.42. The topological polar surface area (TPSA) is 28.4 Å². The van der Waals surface area contributed by atoms with E-state index in [4.69, 9.17) is 4.42 Å². The first-order valence-electron chi connectivity index (χ1n) is 6.84. The van der Waals surface area contributed by atoms with E-state index in [9.17, 15) is 0 Å². The summed E-state index contributed by atoms with van der Waals surface area (Å²) in [6.07, 6.45) is 4.12. The van der Waals surface area contributed by atoms with E-state index in [-0.39, 0.29) is 0 Å². The van der Waals surface area contributed by atoms with Crippen LogP contribution in [0.15, 0.2) is 16.5 Å². The highest BCUT2D eigenvalue weighted by molar-refractivity contribution is 5.11. The molecule has 1 aromatic rings. The van der Waals surface area contributed by atoms with Crippen molar-refractivity contribution >= 4 is 0 Å². The molecule has 0 spiro atoms. The van der Waals surface area contributed by atoms with Crippen molar-refractivity contribution in [1.82, 2.24) is 10.2 Å². The van der Waals surface area contributed by atoms with Crippen LogP contribution in [-0.4, -0.2) is 31.1 Å². The third-order valence-corrected chi connectivity index (χ3v) is 3.94. The van der Waals surface area contributed by atoms with Gasteiger partial charge in [0.25, 0.3) is 0 Å². The van der Waals surface area contributed by atoms with E-state index in [1.54, 1.807) is 0 Å². The van der Waals surface area contributed by atoms with Gasteiger partial charge < -0.3 is 9.73 Å². The minimum atomic E-state index is 0.512. The molecule has 0 aromatic carbocycles. The molecule has 1 saturated carbocycles. The molecule has 94 valence electrons. The summed E-state index contributed by atoms with van der Waals surface area (Å²) in [7, 11) is 0. The number of furan rings is 1. The summed E-state index contributed by atoms with van der Waals surface area (Å²) < 4.78 is 5.87. The Morgan fingerprint density at radius 3 is 2.71 bits per heavy atom. The maximum absolute atomic E-state index is 5.87. The Morgan fingerprint density at radius 2 is 2.12 bits per heavy atom. The Balaban J connectivity index is 1.74. The highest BCUT2D eigenvalue weighted by atomic mass is 16.3. The summed E-state index contributed by atoms with van der Waals surface area (Å²) in [6.45, 7) is 6.56. The molecule has 0 amide bonds. The number of hydrogen-bond acceptors (Lipinski definition) is 3. The Kier molecular flexibility index (Phi) is 3.21. The van der Waals surface area contributed by atoms with Gasteiger partial charge in [0.05, 0.1) is 6.04 Å². The molecule has 17 heavy (non-hydrogen) atoms. The van der Waals surface area contributed by atoms with E-state index in [0.717, 1.165) is 37.9 Å². The number of piperazine rings is 1. The second kappa shape index (κ2) is 4.83. The monoisotopic (exact) mass is 234 g/mol. The molecule has 0 bridgehead atoms. The van der Waals surface area contributed by atoms with E-state index in [2.05, 4.69) is 22.3 Å². The summed E-state index contributed by atoms with van der Waals surface area (Å²) >= 11 is 0. The third-order valence-electron chi connectivity index (χ3n) is 3.94. The van der Waals surface area contributed by atoms with Gasteiger partial charge in [0, 0.05) is 26.2 Å². The molecule has 3 rings (SSSR count). The summed E-state index contributed by atoms with van der Waals surface area (Å²) in [5.41, 5.74) is 0. The largest absolute Gasteiger partial charge is 0.465 e. The summed E-state index contributed by atoms with van der Waals surface area (Å²) in [6, 6.07) is 4.78. The van der Waals surface area contributed by atoms with Crippen LogP contribution in [0.3, 0.4) is 0 Å². The Bertz CT molecular complexity index is 364. The minimum absolute atomic E-state index is 0.512. The number of aryl methyl sites for hydroxylation is 1. The number of hydrogen-bond donors (Lipinski definition) is 1. The molecular weight excluding hydrogens is 212 g/mol. The lowest BCUT2D eigenvalue weighted by molar-refractivity contribution is 0.141. The zero-order valence-corrected chi connectivity index (χ0v) is 10.6. The first-order chi connectivity index (χ1) is 8.33. The van der Waals surface area contributed by atoms with Crippen molar-refractivity contribution in [2.24, 2.45) is 5.92 Å². The first-order valence-corrected chi connectivity index (χ1v) is 6.84. The van der Waals surface area contributed by atoms with Gasteiger partial charge in [-0.25, -0.2) is 0 Å². The van der Waals surface area contributed by atoms with Gasteiger partial charge in [-0.2, -0.15) is 0 Å². The van der Waals surface area contributed by atoms with Crippen molar-refractivity contribution in [3.63, 3.8) is 0 Å². The molecule has 2 heterocycles. The molecule has 0 radical (unpaired) electrons. The smallest absolute Gasteiger partial charge is 0.121 e. The van der Waals surface area contributed by atoms with Crippen LogP contribution in [0, 0.1) is 12.8 Å². The molecule has 1 saturated heterocycles. The van der Waals surface area contributed by atoms with E-state index in [1.807, 2.05) is 6.92 Å². The van der Waals surface area contributed by atoms with Gasteiger partial charge >= 0.3 is 0 Å². The van der Waals surface area contributed by atoms with Crippen LogP contribution in [0.2, 0.25) is 0 Å². The third kappa shape index (κ3) is 2.72. The predicted molar refractivity (Wildman–Crippen MR) is 68.0 cm³/mol. The molecule has 3 nitrogen and oxygen atoms in total. The van der Waals surface area contributed by atoms with E-state index in [0.29, 0.717) is 6.04 Å². The number of rotatable bonds is 4. The molecule has 2 fully saturated rings. The van der Waals surface area contributed by atoms with Crippen molar-refractivity contribution in [1.29, 1.82) is 0 Å². The fraction of sp³-hybridized carbons (Fsp3) is 0.714. The number of nitrogens with zero attached hydrogens (tertiary/aromatic N) is 1. The van der Waals surface area contributed by atoms with Crippen molar-refractivity contribution in [3.8, 4) is 0 Å². The van der Waals surface area contributed by atoms with E-state index < -0.39 is 0 Å². The quantitative estimate of drug-likeness (QED) is 0.866. The lowest BCUT2D eigenvalue weighted by Gasteiger charge is -2.34. The Labute approximate surface area is 103 Å². The lowest BCUT2D eigenvalue weighted by atomic mass is 10.1. The SMILES string of the molecule is Cc1ccc([C@H](CC2CC2)N2CCNCC2)o1. The molecule has 3 heteroatoms. The normalized spacial score (nSPS) is 23.8. The van der Waals surface area contributed by atoms with Crippen LogP contribution in [0.1, 0.15) is 36.8 Å². The average molecular weight is 234 g/mol. The van der Waals surface area contributed by atoms with Crippen molar-refractivity contribution < 1.29 is 4.42 Å². The highest BCUT2D eigenvalue weighted by Gasteiger charge is 2.31. The van der Waals surface area contributed by atoms with Crippen LogP contribution in [0.5, 0.6) is 0 Å². The molecule has 1 N–H and O–H groups in total. The maximum atomic E-state index is 5.87. The van der Waals surface area contributed by atoms with Crippen LogP contribution < -0.4 is 5.32 Å². The van der Waals surface area contributed by atoms with Crippen molar-refractivity contribution in [3.05, 3.63) is 23.7 Å². The zero-order chi connectivity index (χ0) is 11.7. The Morgan fingerprint density at radius 1 is 1.35 bits per heavy atom. The number of nitrogens with one attached hydrogen (secondary N) is 1. The van der Waals surface area contributed by atoms with Gasteiger partial charge in [-0.1, -0.05) is 12.8 Å². The second-order valence-corrected chi connectivity index (χ2v) is 5.43. The lowest BCUT2D eigenvalue weighted by Crippen LogP contribution is -2.45. The molecule has 2 aliphatic rings. The minimum Gasteiger partial charge on any atom is -0.465 e. The highest BCUT2D eigenvalue weighted by Crippen LogP contribution is 2.40. The van der Waals surface area contributed by atoms with Gasteiger partial charge in [-0.05, 0) is 31.4 Å². The van der Waals surface area contributed by atoms with Gasteiger partial charge in [0.2, 0.25) is 0 Å². The molecule has 0 unspecified atom stereocenters. The average Bonchev–Trinajstić information content (AvgIpc) is 3.08. The van der Waals surface area contributed by atoms with Gasteiger partial charge in [0.1, 0.15) is 11.5 Å². The first kappa shape index (κ1) is 11.3. The standard InChI is InChI=1S/C14H22N2O/c1-11-2-5-14(17-11)13(10-12-3-4-12)16-8-6-15-7-9-16/h2,5,12-13,15H,3-4,6-10H2,1H3/t13-/m0/s1. The summed E-state index contributed by atoms with van der Waals surface area (Å²) in [5.74, 6) is 3.16. The van der Waals surface area contributed by atoms with Crippen molar-refractivity contribution in [2.45, 2.75) is 32.2 Å². The van der Waals surface area contributed by atoms with Gasteiger partial charge in [-0.3, -0.25) is 4.90 Å². The summed E-state index contributed by atoms with van der Waals surface area (Å²) in [4.78, 5) is 2.59. The molecule has 1 aliphatic heterocycles. The van der Waals surface area contributed by atoms with E-state index >= 15 is 0 Å². The van der Waals surface area contributed by atoms with Crippen molar-refractivity contribution in [2.75, 3.05) is 26.2 Å². The van der Waals surface area contributed by atoms with Gasteiger partial charge in [-0.15, -0.1) is 0 Å². The maximum Gasteiger partial charge on any atom is 0.121 e. The molecule has 1 aliphatic carbocycles. The van der Waals surface area contributed by atoms with Crippen LogP contribution in [0.4, 0.5) is 0 Å². The molecule has 1 atom stereocenters. The van der Waals surface area contributed by atoms with Crippen LogP contribution >= 0.6 is 0 Å². The van der Waals surface area contributed by atoms with Crippen LogP contribution in [-0.2, 0) is 0 Å². The van der Waals surface area contributed by atoms with Gasteiger partial charge in [0.15, 0.2) is 0 Å². The second-order valence-electron chi connectivity index (χ2n) is 5.43. The molecule has 1 aromatic heterocycles. The van der Waals surface area contributed by atoms with Crippen LogP contribution in [0.25, 0.3) is 0 Å². The zero-order valence-electron chi connectivity index (χ0n) is 10.6. The molecular formula is C14H22N2O. The van der Waals surface area contributed by atoms with E-state index in [1.165, 1.54) is 25.0 Å². The fourth-order valence-corrected chi connectivity index (χ4v) is 2.74. The predicted octanol–water partition coefficient (Wildman–Crippen LogP) is 2.33. The Hall–Kier alpha value is -0.800. The fourth-order valence-electron chi connectivity index (χ4n) is 2.74.